The number of halogens is 1. The second-order valence-corrected chi connectivity index (χ2v) is 7.09. The molecular weight excluding hydrogens is 393 g/mol. The van der Waals surface area contributed by atoms with E-state index in [0.717, 1.165) is 38.8 Å². The molecule has 0 aliphatic carbocycles. The normalized spacial score (nSPS) is 11.4. The number of nitrogens with zero attached hydrogens (tertiary/aromatic N) is 5. The van der Waals surface area contributed by atoms with Crippen molar-refractivity contribution in [1.82, 2.24) is 35.1 Å². The summed E-state index contributed by atoms with van der Waals surface area (Å²) in [5, 5.41) is 9.27. The zero-order chi connectivity index (χ0) is 20.8. The van der Waals surface area contributed by atoms with Crippen molar-refractivity contribution < 1.29 is 4.39 Å². The third kappa shape index (κ3) is 2.84. The van der Waals surface area contributed by atoms with E-state index in [2.05, 4.69) is 35.1 Å². The molecule has 8 heteroatoms. The molecule has 0 aliphatic heterocycles. The van der Waals surface area contributed by atoms with Crippen LogP contribution in [0.25, 0.3) is 55.7 Å². The Labute approximate surface area is 175 Å². The van der Waals surface area contributed by atoms with E-state index in [-0.39, 0.29) is 5.82 Å². The third-order valence-corrected chi connectivity index (χ3v) is 5.24. The summed E-state index contributed by atoms with van der Waals surface area (Å²) in [6.07, 6.45) is 10.1. The van der Waals surface area contributed by atoms with E-state index in [9.17, 15) is 4.39 Å². The molecule has 1 aromatic carbocycles. The fourth-order valence-electron chi connectivity index (χ4n) is 3.77. The predicted molar refractivity (Wildman–Crippen MR) is 115 cm³/mol. The molecule has 2 N–H and O–H groups in total. The third-order valence-electron chi connectivity index (χ3n) is 5.24. The van der Waals surface area contributed by atoms with Gasteiger partial charge >= 0.3 is 0 Å². The van der Waals surface area contributed by atoms with Crippen molar-refractivity contribution >= 4 is 21.8 Å². The lowest BCUT2D eigenvalue weighted by Gasteiger charge is -2.03. The summed E-state index contributed by atoms with van der Waals surface area (Å²) in [4.78, 5) is 20.5. The van der Waals surface area contributed by atoms with Gasteiger partial charge in [0.05, 0.1) is 41.0 Å². The molecular formula is C23H14FN7. The van der Waals surface area contributed by atoms with Crippen molar-refractivity contribution in [1.29, 1.82) is 0 Å². The van der Waals surface area contributed by atoms with Gasteiger partial charge in [0.15, 0.2) is 0 Å². The van der Waals surface area contributed by atoms with E-state index in [1.165, 1.54) is 6.07 Å². The Bertz CT molecular complexity index is 1550. The molecule has 6 rings (SSSR count). The van der Waals surface area contributed by atoms with E-state index in [0.29, 0.717) is 17.0 Å². The van der Waals surface area contributed by atoms with Gasteiger partial charge in [-0.05, 0) is 18.2 Å². The van der Waals surface area contributed by atoms with Crippen molar-refractivity contribution in [2.24, 2.45) is 0 Å². The standard InChI is InChI=1S/C23H14FN7/c24-17-4-2-1-3-13(17)16-9-26-10-20-14(16)7-19(29-20)23-15-8-18(22-11-25-5-6-27-22)28-12-21(15)30-31-23/h1-12,29H,(H,30,31). The molecule has 0 saturated heterocycles. The lowest BCUT2D eigenvalue weighted by Crippen LogP contribution is -1.88. The number of hydrogen-bond acceptors (Lipinski definition) is 5. The molecule has 5 aromatic heterocycles. The van der Waals surface area contributed by atoms with Crippen LogP contribution >= 0.6 is 0 Å². The highest BCUT2D eigenvalue weighted by Crippen LogP contribution is 2.34. The zero-order valence-corrected chi connectivity index (χ0v) is 16.0. The predicted octanol–water partition coefficient (Wildman–Crippen LogP) is 4.76. The van der Waals surface area contributed by atoms with Crippen LogP contribution in [0.15, 0.2) is 73.6 Å². The van der Waals surface area contributed by atoms with Gasteiger partial charge in [-0.25, -0.2) is 4.39 Å². The summed E-state index contributed by atoms with van der Waals surface area (Å²) in [5.74, 6) is -0.288. The molecule has 5 heterocycles. The largest absolute Gasteiger partial charge is 0.352 e. The molecule has 0 radical (unpaired) electrons. The number of H-pyrrole nitrogens is 2. The van der Waals surface area contributed by atoms with Gasteiger partial charge in [-0.1, -0.05) is 18.2 Å². The average molecular weight is 407 g/mol. The number of pyridine rings is 2. The summed E-state index contributed by atoms with van der Waals surface area (Å²) in [6, 6.07) is 10.6. The molecule has 0 fully saturated rings. The fraction of sp³-hybridized carbons (Fsp3) is 0. The summed E-state index contributed by atoms with van der Waals surface area (Å²) < 4.78 is 14.4. The summed E-state index contributed by atoms with van der Waals surface area (Å²) in [7, 11) is 0. The van der Waals surface area contributed by atoms with Crippen molar-refractivity contribution in [2.45, 2.75) is 0 Å². The second-order valence-electron chi connectivity index (χ2n) is 7.09. The van der Waals surface area contributed by atoms with Crippen LogP contribution in [0.5, 0.6) is 0 Å². The molecule has 0 spiro atoms. The minimum Gasteiger partial charge on any atom is -0.352 e. The highest BCUT2D eigenvalue weighted by atomic mass is 19.1. The van der Waals surface area contributed by atoms with Gasteiger partial charge < -0.3 is 4.98 Å². The Morgan fingerprint density at radius 2 is 1.68 bits per heavy atom. The maximum Gasteiger partial charge on any atom is 0.131 e. The minimum absolute atomic E-state index is 0.288. The van der Waals surface area contributed by atoms with Crippen molar-refractivity contribution in [2.75, 3.05) is 0 Å². The van der Waals surface area contributed by atoms with Gasteiger partial charge in [0, 0.05) is 40.5 Å². The van der Waals surface area contributed by atoms with Crippen LogP contribution in [-0.2, 0) is 0 Å². The van der Waals surface area contributed by atoms with Crippen LogP contribution in [0.3, 0.4) is 0 Å². The number of aromatic nitrogens is 7. The first kappa shape index (κ1) is 17.4. The summed E-state index contributed by atoms with van der Waals surface area (Å²) in [6.45, 7) is 0. The number of nitrogens with one attached hydrogen (secondary N) is 2. The Morgan fingerprint density at radius 3 is 2.55 bits per heavy atom. The lowest BCUT2D eigenvalue weighted by molar-refractivity contribution is 0.631. The van der Waals surface area contributed by atoms with Crippen LogP contribution in [0.1, 0.15) is 0 Å². The average Bonchev–Trinajstić information content (AvgIpc) is 3.43. The van der Waals surface area contributed by atoms with E-state index < -0.39 is 0 Å². The molecule has 31 heavy (non-hydrogen) atoms. The van der Waals surface area contributed by atoms with Crippen LogP contribution in [0, 0.1) is 5.82 Å². The lowest BCUT2D eigenvalue weighted by atomic mass is 10.0. The Balaban J connectivity index is 1.53. The molecule has 0 bridgehead atoms. The number of fused-ring (bicyclic) bond motifs is 2. The maximum atomic E-state index is 14.4. The highest BCUT2D eigenvalue weighted by molar-refractivity contribution is 6.01. The first-order valence-corrected chi connectivity index (χ1v) is 9.60. The number of benzene rings is 1. The van der Waals surface area contributed by atoms with Crippen LogP contribution in [-0.4, -0.2) is 35.1 Å². The van der Waals surface area contributed by atoms with E-state index in [1.807, 2.05) is 18.2 Å². The molecule has 0 unspecified atom stereocenters. The molecule has 0 atom stereocenters. The summed E-state index contributed by atoms with van der Waals surface area (Å²) >= 11 is 0. The molecule has 0 saturated carbocycles. The van der Waals surface area contributed by atoms with E-state index in [1.54, 1.807) is 49.3 Å². The smallest absolute Gasteiger partial charge is 0.131 e. The van der Waals surface area contributed by atoms with Gasteiger partial charge in [-0.3, -0.25) is 25.0 Å². The van der Waals surface area contributed by atoms with E-state index in [4.69, 9.17) is 0 Å². The molecule has 0 aliphatic rings. The first-order valence-electron chi connectivity index (χ1n) is 9.60. The van der Waals surface area contributed by atoms with Crippen molar-refractivity contribution in [3.63, 3.8) is 0 Å². The van der Waals surface area contributed by atoms with Crippen molar-refractivity contribution in [3.8, 4) is 33.9 Å². The quantitative estimate of drug-likeness (QED) is 0.441. The van der Waals surface area contributed by atoms with Gasteiger partial charge in [0.2, 0.25) is 0 Å². The first-order chi connectivity index (χ1) is 15.3. The van der Waals surface area contributed by atoms with Crippen LogP contribution < -0.4 is 0 Å². The number of hydrogen-bond donors (Lipinski definition) is 2. The van der Waals surface area contributed by atoms with Gasteiger partial charge in [0.25, 0.3) is 0 Å². The molecule has 148 valence electrons. The highest BCUT2D eigenvalue weighted by Gasteiger charge is 2.16. The summed E-state index contributed by atoms with van der Waals surface area (Å²) in [5.41, 5.74) is 5.74. The van der Waals surface area contributed by atoms with Crippen LogP contribution in [0.4, 0.5) is 4.39 Å². The van der Waals surface area contributed by atoms with Crippen LogP contribution in [0.2, 0.25) is 0 Å². The monoisotopic (exact) mass is 407 g/mol. The van der Waals surface area contributed by atoms with Gasteiger partial charge in [-0.15, -0.1) is 0 Å². The number of rotatable bonds is 3. The topological polar surface area (TPSA) is 96.0 Å². The minimum atomic E-state index is -0.288. The zero-order valence-electron chi connectivity index (χ0n) is 16.0. The number of aromatic amines is 2. The SMILES string of the molecule is Fc1ccccc1-c1cncc2[nH]c(-c3n[nH]c4cnc(-c5cnccn5)cc34)cc12. The molecule has 7 nitrogen and oxygen atoms in total. The maximum absolute atomic E-state index is 14.4. The molecule has 0 amide bonds. The Morgan fingerprint density at radius 1 is 0.742 bits per heavy atom. The molecule has 6 aromatic rings. The van der Waals surface area contributed by atoms with E-state index >= 15 is 0 Å². The fourth-order valence-corrected chi connectivity index (χ4v) is 3.77. The second kappa shape index (κ2) is 6.81. The van der Waals surface area contributed by atoms with Gasteiger partial charge in [0.1, 0.15) is 17.2 Å². The Kier molecular flexibility index (Phi) is 3.82. The Hall–Kier alpha value is -4.46. The van der Waals surface area contributed by atoms with Crippen molar-refractivity contribution in [3.05, 3.63) is 79.4 Å². The van der Waals surface area contributed by atoms with Gasteiger partial charge in [-0.2, -0.15) is 5.10 Å².